The van der Waals surface area contributed by atoms with Gasteiger partial charge in [-0.05, 0) is 54.6 Å². The maximum Gasteiger partial charge on any atom is 0.433 e. The summed E-state index contributed by atoms with van der Waals surface area (Å²) in [5.74, 6) is -1.21. The fourth-order valence-corrected chi connectivity index (χ4v) is 4.44. The maximum atomic E-state index is 13.8. The van der Waals surface area contributed by atoms with Gasteiger partial charge in [0.2, 0.25) is 0 Å². The van der Waals surface area contributed by atoms with Gasteiger partial charge >= 0.3 is 6.18 Å². The van der Waals surface area contributed by atoms with Crippen molar-refractivity contribution in [3.63, 3.8) is 0 Å². The first-order valence-corrected chi connectivity index (χ1v) is 11.5. The largest absolute Gasteiger partial charge is 0.433 e. The van der Waals surface area contributed by atoms with Crippen molar-refractivity contribution in [1.82, 2.24) is 14.6 Å². The number of carbonyl (C=O) groups is 1. The molecular weight excluding hydrogens is 492 g/mol. The molecule has 2 heterocycles. The number of halogens is 4. The van der Waals surface area contributed by atoms with Crippen LogP contribution in [0.15, 0.2) is 101 Å². The van der Waals surface area contributed by atoms with Crippen LogP contribution in [0.5, 0.6) is 0 Å². The number of para-hydroxylation sites is 1. The molecule has 5 nitrogen and oxygen atoms in total. The lowest BCUT2D eigenvalue weighted by Gasteiger charge is -2.11. The number of anilines is 1. The molecule has 3 aromatic carbocycles. The molecule has 0 radical (unpaired) electrons. The molecule has 36 heavy (non-hydrogen) atoms. The minimum absolute atomic E-state index is 0.0220. The number of hydrogen-bond acceptors (Lipinski definition) is 4. The summed E-state index contributed by atoms with van der Waals surface area (Å²) in [5, 5.41) is 6.63. The van der Waals surface area contributed by atoms with Crippen molar-refractivity contribution in [2.24, 2.45) is 0 Å². The number of amides is 1. The van der Waals surface area contributed by atoms with Gasteiger partial charge in [0.15, 0.2) is 17.0 Å². The summed E-state index contributed by atoms with van der Waals surface area (Å²) in [4.78, 5) is 18.9. The Morgan fingerprint density at radius 3 is 2.31 bits per heavy atom. The fourth-order valence-electron chi connectivity index (χ4n) is 3.52. The van der Waals surface area contributed by atoms with Crippen LogP contribution in [0.4, 0.5) is 23.2 Å². The number of benzene rings is 3. The lowest BCUT2D eigenvalue weighted by Crippen LogP contribution is -2.16. The summed E-state index contributed by atoms with van der Waals surface area (Å²) in [6.45, 7) is 0. The van der Waals surface area contributed by atoms with Crippen LogP contribution < -0.4 is 5.32 Å². The van der Waals surface area contributed by atoms with E-state index in [0.717, 1.165) is 28.0 Å². The molecular formula is C26H16F4N4OS. The van der Waals surface area contributed by atoms with Gasteiger partial charge in [-0.1, -0.05) is 42.1 Å². The SMILES string of the molecule is O=C(Nc1ccccc1Sc1ccccc1)c1cc2nc(-c3ccc(F)cc3)cc(C(F)(F)F)n2n1. The second kappa shape index (κ2) is 9.46. The van der Waals surface area contributed by atoms with E-state index in [4.69, 9.17) is 0 Å². The van der Waals surface area contributed by atoms with Crippen molar-refractivity contribution >= 4 is 29.0 Å². The highest BCUT2D eigenvalue weighted by Gasteiger charge is 2.35. The van der Waals surface area contributed by atoms with Gasteiger partial charge in [0.05, 0.1) is 11.4 Å². The molecule has 0 bridgehead atoms. The Morgan fingerprint density at radius 1 is 0.889 bits per heavy atom. The first kappa shape index (κ1) is 23.6. The molecule has 0 fully saturated rings. The summed E-state index contributed by atoms with van der Waals surface area (Å²) in [6, 6.07) is 23.6. The fraction of sp³-hybridized carbons (Fsp3) is 0.0385. The average Bonchev–Trinajstić information content (AvgIpc) is 3.29. The molecule has 1 amide bonds. The third-order valence-electron chi connectivity index (χ3n) is 5.20. The molecule has 180 valence electrons. The highest BCUT2D eigenvalue weighted by molar-refractivity contribution is 7.99. The zero-order valence-electron chi connectivity index (χ0n) is 18.3. The second-order valence-corrected chi connectivity index (χ2v) is 8.81. The van der Waals surface area contributed by atoms with Crippen molar-refractivity contribution < 1.29 is 22.4 Å². The molecule has 5 aromatic rings. The number of nitrogens with one attached hydrogen (secondary N) is 1. The number of carbonyl (C=O) groups excluding carboxylic acids is 1. The van der Waals surface area contributed by atoms with E-state index in [2.05, 4.69) is 15.4 Å². The monoisotopic (exact) mass is 508 g/mol. The van der Waals surface area contributed by atoms with Crippen molar-refractivity contribution in [2.75, 3.05) is 5.32 Å². The van der Waals surface area contributed by atoms with Gasteiger partial charge in [-0.2, -0.15) is 18.3 Å². The van der Waals surface area contributed by atoms with Crippen LogP contribution >= 0.6 is 11.8 Å². The standard InChI is InChI=1S/C26H16F4N4OS/c27-17-12-10-16(11-13-17)20-14-23(26(28,29)30)34-24(31-20)15-21(33-34)25(35)32-19-8-4-5-9-22(19)36-18-6-2-1-3-7-18/h1-15H,(H,32,35). The number of nitrogens with zero attached hydrogens (tertiary/aromatic N) is 3. The minimum Gasteiger partial charge on any atom is -0.320 e. The van der Waals surface area contributed by atoms with Crippen LogP contribution in [0.3, 0.4) is 0 Å². The molecule has 5 rings (SSSR count). The van der Waals surface area contributed by atoms with E-state index in [1.807, 2.05) is 42.5 Å². The molecule has 0 atom stereocenters. The number of rotatable bonds is 5. The van der Waals surface area contributed by atoms with Gasteiger partial charge in [-0.25, -0.2) is 13.9 Å². The van der Waals surface area contributed by atoms with Crippen molar-refractivity contribution in [3.8, 4) is 11.3 Å². The van der Waals surface area contributed by atoms with E-state index in [1.165, 1.54) is 30.0 Å². The Kier molecular flexibility index (Phi) is 6.19. The second-order valence-electron chi connectivity index (χ2n) is 7.70. The third kappa shape index (κ3) is 4.94. The summed E-state index contributed by atoms with van der Waals surface area (Å²) in [6.07, 6.45) is -4.77. The molecule has 0 saturated heterocycles. The highest BCUT2D eigenvalue weighted by atomic mass is 32.2. The zero-order chi connectivity index (χ0) is 25.3. The van der Waals surface area contributed by atoms with Crippen LogP contribution in [-0.2, 0) is 6.18 Å². The average molecular weight is 509 g/mol. The van der Waals surface area contributed by atoms with Gasteiger partial charge < -0.3 is 5.32 Å². The molecule has 0 spiro atoms. The molecule has 0 unspecified atom stereocenters. The van der Waals surface area contributed by atoms with Gasteiger partial charge in [-0.3, -0.25) is 4.79 Å². The van der Waals surface area contributed by atoms with Crippen LogP contribution in [0.1, 0.15) is 16.2 Å². The van der Waals surface area contributed by atoms with E-state index < -0.39 is 23.6 Å². The van der Waals surface area contributed by atoms with E-state index >= 15 is 0 Å². The van der Waals surface area contributed by atoms with Gasteiger partial charge in [0, 0.05) is 21.4 Å². The van der Waals surface area contributed by atoms with Gasteiger partial charge in [0.1, 0.15) is 5.82 Å². The maximum absolute atomic E-state index is 13.8. The zero-order valence-corrected chi connectivity index (χ0v) is 19.1. The van der Waals surface area contributed by atoms with E-state index in [-0.39, 0.29) is 17.0 Å². The predicted octanol–water partition coefficient (Wildman–Crippen LogP) is 6.96. The molecule has 1 N–H and O–H groups in total. The Labute approximate surface area is 206 Å². The smallest absolute Gasteiger partial charge is 0.320 e. The van der Waals surface area contributed by atoms with E-state index in [1.54, 1.807) is 12.1 Å². The normalized spacial score (nSPS) is 11.6. The molecule has 0 aliphatic heterocycles. The Balaban J connectivity index is 1.50. The van der Waals surface area contributed by atoms with Gasteiger partial charge in [-0.15, -0.1) is 0 Å². The molecule has 2 aromatic heterocycles. The van der Waals surface area contributed by atoms with Crippen LogP contribution in [0.25, 0.3) is 16.9 Å². The first-order valence-electron chi connectivity index (χ1n) is 10.7. The summed E-state index contributed by atoms with van der Waals surface area (Å²) in [5.41, 5.74) is -0.741. The minimum atomic E-state index is -4.77. The van der Waals surface area contributed by atoms with E-state index in [9.17, 15) is 22.4 Å². The van der Waals surface area contributed by atoms with Crippen LogP contribution in [0.2, 0.25) is 0 Å². The predicted molar refractivity (Wildman–Crippen MR) is 128 cm³/mol. The quantitative estimate of drug-likeness (QED) is 0.261. The number of alkyl halides is 3. The topological polar surface area (TPSA) is 59.3 Å². The Bertz CT molecular complexity index is 1550. The molecule has 0 aliphatic carbocycles. The van der Waals surface area contributed by atoms with Crippen molar-refractivity contribution in [1.29, 1.82) is 0 Å². The molecule has 0 saturated carbocycles. The Hall–Kier alpha value is -4.18. The third-order valence-corrected chi connectivity index (χ3v) is 6.28. The lowest BCUT2D eigenvalue weighted by molar-refractivity contribution is -0.142. The number of hydrogen-bond donors (Lipinski definition) is 1. The molecule has 10 heteroatoms. The van der Waals surface area contributed by atoms with E-state index in [0.29, 0.717) is 15.8 Å². The number of aromatic nitrogens is 3. The van der Waals surface area contributed by atoms with Crippen LogP contribution in [0, 0.1) is 5.82 Å². The first-order chi connectivity index (χ1) is 17.3. The van der Waals surface area contributed by atoms with Crippen molar-refractivity contribution in [3.05, 3.63) is 108 Å². The molecule has 0 aliphatic rings. The summed E-state index contributed by atoms with van der Waals surface area (Å²) >= 11 is 1.43. The summed E-state index contributed by atoms with van der Waals surface area (Å²) < 4.78 is 55.4. The lowest BCUT2D eigenvalue weighted by atomic mass is 10.1. The van der Waals surface area contributed by atoms with Crippen LogP contribution in [-0.4, -0.2) is 20.5 Å². The summed E-state index contributed by atoms with van der Waals surface area (Å²) in [7, 11) is 0. The number of fused-ring (bicyclic) bond motifs is 1. The van der Waals surface area contributed by atoms with Gasteiger partial charge in [0.25, 0.3) is 5.91 Å². The van der Waals surface area contributed by atoms with Crippen molar-refractivity contribution in [2.45, 2.75) is 16.0 Å². The highest BCUT2D eigenvalue weighted by Crippen LogP contribution is 2.34. The Morgan fingerprint density at radius 2 is 1.58 bits per heavy atom.